The molecule has 0 bridgehead atoms. The van der Waals surface area contributed by atoms with Crippen molar-refractivity contribution in [1.82, 2.24) is 5.16 Å². The second-order valence-electron chi connectivity index (χ2n) is 4.37. The molecule has 6 heteroatoms. The minimum absolute atomic E-state index is 0.188. The van der Waals surface area contributed by atoms with Crippen LogP contribution in [0.25, 0.3) is 22.4 Å². The molecule has 0 spiro atoms. The Morgan fingerprint density at radius 3 is 2.48 bits per heavy atom. The van der Waals surface area contributed by atoms with Crippen LogP contribution in [0.4, 0.5) is 10.3 Å². The number of halogens is 3. The lowest BCUT2D eigenvalue weighted by Gasteiger charge is -2.06. The summed E-state index contributed by atoms with van der Waals surface area (Å²) < 4.78 is 20.2. The highest BCUT2D eigenvalue weighted by atomic mass is 79.9. The molecule has 0 saturated carbocycles. The molecule has 3 aromatic rings. The summed E-state index contributed by atoms with van der Waals surface area (Å²) in [5.74, 6) is -0.166. The van der Waals surface area contributed by atoms with E-state index in [0.29, 0.717) is 21.3 Å². The van der Waals surface area contributed by atoms with Gasteiger partial charge >= 0.3 is 0 Å². The van der Waals surface area contributed by atoms with Crippen LogP contribution >= 0.6 is 31.9 Å². The zero-order valence-electron chi connectivity index (χ0n) is 10.6. The maximum atomic E-state index is 13.5. The smallest absolute Gasteiger partial charge is 0.230 e. The van der Waals surface area contributed by atoms with Crippen molar-refractivity contribution in [2.24, 2.45) is 0 Å². The summed E-state index contributed by atoms with van der Waals surface area (Å²) >= 11 is 6.88. The topological polar surface area (TPSA) is 52.0 Å². The van der Waals surface area contributed by atoms with Crippen molar-refractivity contribution in [1.29, 1.82) is 0 Å². The Morgan fingerprint density at radius 2 is 1.71 bits per heavy atom. The van der Waals surface area contributed by atoms with Crippen molar-refractivity contribution in [3.05, 3.63) is 57.2 Å². The van der Waals surface area contributed by atoms with E-state index < -0.39 is 0 Å². The van der Waals surface area contributed by atoms with Crippen LogP contribution in [0, 0.1) is 5.82 Å². The maximum absolute atomic E-state index is 13.5. The molecule has 3 nitrogen and oxygen atoms in total. The number of hydrogen-bond acceptors (Lipinski definition) is 3. The summed E-state index contributed by atoms with van der Waals surface area (Å²) in [6.07, 6.45) is 0. The number of hydrogen-bond donors (Lipinski definition) is 1. The number of nitrogens with two attached hydrogens (primary N) is 1. The Bertz CT molecular complexity index is 817. The predicted molar refractivity (Wildman–Crippen MR) is 87.1 cm³/mol. The van der Waals surface area contributed by atoms with E-state index in [1.54, 1.807) is 6.07 Å². The molecule has 1 heterocycles. The van der Waals surface area contributed by atoms with E-state index in [1.165, 1.54) is 12.1 Å². The van der Waals surface area contributed by atoms with Crippen molar-refractivity contribution in [3.8, 4) is 22.4 Å². The fourth-order valence-corrected chi connectivity index (χ4v) is 3.01. The Morgan fingerprint density at radius 1 is 1.00 bits per heavy atom. The SMILES string of the molecule is Nc1onc(-c2cc(F)ccc2Br)c1-c1ccccc1Br. The minimum atomic E-state index is -0.354. The standard InChI is InChI=1S/C15H9Br2FN2O/c16-11-4-2-1-3-9(11)13-14(20-21-15(13)19)10-7-8(18)5-6-12(10)17/h1-7H,19H2. The van der Waals surface area contributed by atoms with Gasteiger partial charge in [0.05, 0.1) is 5.56 Å². The Balaban J connectivity index is 2.27. The quantitative estimate of drug-likeness (QED) is 0.626. The lowest BCUT2D eigenvalue weighted by Crippen LogP contribution is -1.90. The number of anilines is 1. The lowest BCUT2D eigenvalue weighted by molar-refractivity contribution is 0.439. The van der Waals surface area contributed by atoms with Gasteiger partial charge in [-0.15, -0.1) is 0 Å². The van der Waals surface area contributed by atoms with Gasteiger partial charge in [-0.3, -0.25) is 0 Å². The Hall–Kier alpha value is -1.66. The first-order valence-electron chi connectivity index (χ1n) is 6.03. The van der Waals surface area contributed by atoms with Crippen molar-refractivity contribution < 1.29 is 8.91 Å². The molecule has 0 aliphatic rings. The second kappa shape index (κ2) is 5.61. The van der Waals surface area contributed by atoms with E-state index >= 15 is 0 Å². The van der Waals surface area contributed by atoms with Gasteiger partial charge in [0.1, 0.15) is 11.5 Å². The van der Waals surface area contributed by atoms with Crippen LogP contribution in [0.5, 0.6) is 0 Å². The summed E-state index contributed by atoms with van der Waals surface area (Å²) in [5, 5.41) is 3.99. The third-order valence-electron chi connectivity index (χ3n) is 3.05. The number of nitrogens with zero attached hydrogens (tertiary/aromatic N) is 1. The molecule has 0 saturated heterocycles. The summed E-state index contributed by atoms with van der Waals surface area (Å²) in [6.45, 7) is 0. The molecular weight excluding hydrogens is 403 g/mol. The molecule has 0 fully saturated rings. The average Bonchev–Trinajstić information content (AvgIpc) is 2.84. The highest BCUT2D eigenvalue weighted by Gasteiger charge is 2.21. The zero-order chi connectivity index (χ0) is 15.0. The minimum Gasteiger partial charge on any atom is -0.367 e. The predicted octanol–water partition coefficient (Wildman–Crippen LogP) is 5.25. The van der Waals surface area contributed by atoms with E-state index in [-0.39, 0.29) is 11.7 Å². The van der Waals surface area contributed by atoms with Gasteiger partial charge in [0.25, 0.3) is 0 Å². The first-order chi connectivity index (χ1) is 10.1. The normalized spacial score (nSPS) is 10.8. The summed E-state index contributed by atoms with van der Waals surface area (Å²) in [6, 6.07) is 12.0. The second-order valence-corrected chi connectivity index (χ2v) is 6.08. The molecule has 21 heavy (non-hydrogen) atoms. The van der Waals surface area contributed by atoms with Crippen LogP contribution in [0.1, 0.15) is 0 Å². The zero-order valence-corrected chi connectivity index (χ0v) is 13.8. The molecule has 0 atom stereocenters. The fourth-order valence-electron chi connectivity index (χ4n) is 2.09. The van der Waals surface area contributed by atoms with E-state index in [0.717, 1.165) is 10.0 Å². The summed E-state index contributed by atoms with van der Waals surface area (Å²) in [5.41, 5.74) is 8.45. The van der Waals surface area contributed by atoms with Crippen LogP contribution in [0.3, 0.4) is 0 Å². The van der Waals surface area contributed by atoms with Crippen molar-refractivity contribution >= 4 is 37.7 Å². The van der Waals surface area contributed by atoms with Gasteiger partial charge in [-0.1, -0.05) is 55.2 Å². The van der Waals surface area contributed by atoms with Gasteiger partial charge in [-0.05, 0) is 24.3 Å². The number of benzene rings is 2. The first-order valence-corrected chi connectivity index (χ1v) is 7.62. The molecule has 3 rings (SSSR count). The van der Waals surface area contributed by atoms with E-state index in [2.05, 4.69) is 37.0 Å². The molecule has 0 unspecified atom stereocenters. The van der Waals surface area contributed by atoms with Crippen molar-refractivity contribution in [3.63, 3.8) is 0 Å². The first kappa shape index (κ1) is 14.3. The van der Waals surface area contributed by atoms with Crippen molar-refractivity contribution in [2.75, 3.05) is 5.73 Å². The van der Waals surface area contributed by atoms with Gasteiger partial charge in [0.2, 0.25) is 5.88 Å². The molecule has 2 N–H and O–H groups in total. The van der Waals surface area contributed by atoms with Gasteiger partial charge in [0, 0.05) is 20.1 Å². The van der Waals surface area contributed by atoms with E-state index in [9.17, 15) is 4.39 Å². The molecular formula is C15H9Br2FN2O. The monoisotopic (exact) mass is 410 g/mol. The molecule has 2 aromatic carbocycles. The van der Waals surface area contributed by atoms with Crippen LogP contribution in [0.2, 0.25) is 0 Å². The summed E-state index contributed by atoms with van der Waals surface area (Å²) in [7, 11) is 0. The molecule has 0 amide bonds. The largest absolute Gasteiger partial charge is 0.367 e. The number of aromatic nitrogens is 1. The highest BCUT2D eigenvalue weighted by Crippen LogP contribution is 2.41. The number of rotatable bonds is 2. The molecule has 0 aliphatic carbocycles. The summed E-state index contributed by atoms with van der Waals surface area (Å²) in [4.78, 5) is 0. The number of nitrogen functional groups attached to an aromatic ring is 1. The molecule has 0 aliphatic heterocycles. The molecule has 0 radical (unpaired) electrons. The Kier molecular flexibility index (Phi) is 3.82. The van der Waals surface area contributed by atoms with Crippen LogP contribution in [-0.4, -0.2) is 5.16 Å². The van der Waals surface area contributed by atoms with Gasteiger partial charge in [-0.2, -0.15) is 0 Å². The van der Waals surface area contributed by atoms with E-state index in [4.69, 9.17) is 10.3 Å². The van der Waals surface area contributed by atoms with Gasteiger partial charge < -0.3 is 10.3 Å². The van der Waals surface area contributed by atoms with Gasteiger partial charge in [-0.25, -0.2) is 4.39 Å². The lowest BCUT2D eigenvalue weighted by atomic mass is 10.0. The fraction of sp³-hybridized carbons (Fsp3) is 0. The van der Waals surface area contributed by atoms with Gasteiger partial charge in [0.15, 0.2) is 0 Å². The Labute approximate surface area is 137 Å². The van der Waals surface area contributed by atoms with Crippen LogP contribution < -0.4 is 5.73 Å². The third-order valence-corrected chi connectivity index (χ3v) is 4.43. The third kappa shape index (κ3) is 2.61. The highest BCUT2D eigenvalue weighted by molar-refractivity contribution is 9.11. The maximum Gasteiger partial charge on any atom is 0.230 e. The molecule has 1 aromatic heterocycles. The van der Waals surface area contributed by atoms with Crippen LogP contribution in [0.15, 0.2) is 55.9 Å². The van der Waals surface area contributed by atoms with Crippen LogP contribution in [-0.2, 0) is 0 Å². The van der Waals surface area contributed by atoms with Crippen molar-refractivity contribution in [2.45, 2.75) is 0 Å². The average molecular weight is 412 g/mol. The molecule has 106 valence electrons. The van der Waals surface area contributed by atoms with E-state index in [1.807, 2.05) is 24.3 Å².